The lowest BCUT2D eigenvalue weighted by molar-refractivity contribution is 0.696. The number of nitrogen functional groups attached to an aromatic ring is 1. The maximum absolute atomic E-state index is 6.44. The summed E-state index contributed by atoms with van der Waals surface area (Å²) in [5.74, 6) is 1.93. The van der Waals surface area contributed by atoms with Gasteiger partial charge in [-0.1, -0.05) is 49.4 Å². The Labute approximate surface area is 124 Å². The second-order valence-corrected chi connectivity index (χ2v) is 5.74. The van der Waals surface area contributed by atoms with E-state index in [0.29, 0.717) is 6.04 Å². The second-order valence-electron chi connectivity index (χ2n) is 5.74. The van der Waals surface area contributed by atoms with Crippen LogP contribution in [-0.4, -0.2) is 9.55 Å². The molecule has 0 aliphatic heterocycles. The van der Waals surface area contributed by atoms with Crippen molar-refractivity contribution in [1.29, 1.82) is 0 Å². The Balaban J connectivity index is 1.97. The van der Waals surface area contributed by atoms with E-state index in [4.69, 9.17) is 10.7 Å². The summed E-state index contributed by atoms with van der Waals surface area (Å²) in [5.41, 5.74) is 8.52. The van der Waals surface area contributed by atoms with Gasteiger partial charge in [-0.2, -0.15) is 0 Å². The third-order valence-corrected chi connectivity index (χ3v) is 4.29. The average molecular weight is 277 g/mol. The maximum Gasteiger partial charge on any atom is 0.132 e. The molecule has 1 heterocycles. The second kappa shape index (κ2) is 4.62. The van der Waals surface area contributed by atoms with Gasteiger partial charge in [0.15, 0.2) is 0 Å². The molecular weight excluding hydrogens is 258 g/mol. The fraction of sp³-hybridized carbons (Fsp3) is 0.278. The minimum atomic E-state index is 0.566. The summed E-state index contributed by atoms with van der Waals surface area (Å²) in [6.45, 7) is 2.15. The first-order chi connectivity index (χ1) is 10.3. The van der Waals surface area contributed by atoms with E-state index in [0.717, 1.165) is 29.3 Å². The van der Waals surface area contributed by atoms with Crippen LogP contribution in [0.3, 0.4) is 0 Å². The van der Waals surface area contributed by atoms with Crippen LogP contribution in [0, 0.1) is 0 Å². The molecule has 0 radical (unpaired) electrons. The molecule has 0 amide bonds. The number of rotatable bonds is 3. The fourth-order valence-corrected chi connectivity index (χ4v) is 3.11. The highest BCUT2D eigenvalue weighted by molar-refractivity contribution is 5.97. The number of anilines is 1. The molecule has 1 saturated carbocycles. The normalized spacial score (nSPS) is 14.7. The molecule has 3 aromatic rings. The summed E-state index contributed by atoms with van der Waals surface area (Å²) >= 11 is 0. The average Bonchev–Trinajstić information content (AvgIpc) is 3.30. The van der Waals surface area contributed by atoms with Crippen molar-refractivity contribution in [2.45, 2.75) is 32.2 Å². The van der Waals surface area contributed by atoms with Crippen LogP contribution in [0.5, 0.6) is 0 Å². The van der Waals surface area contributed by atoms with Crippen molar-refractivity contribution in [2.24, 2.45) is 0 Å². The molecule has 0 unspecified atom stereocenters. The van der Waals surface area contributed by atoms with Crippen molar-refractivity contribution in [3.63, 3.8) is 0 Å². The Morgan fingerprint density at radius 2 is 1.90 bits per heavy atom. The molecule has 0 bridgehead atoms. The van der Waals surface area contributed by atoms with Gasteiger partial charge in [0, 0.05) is 18.0 Å². The summed E-state index contributed by atoms with van der Waals surface area (Å²) in [7, 11) is 0. The molecule has 4 rings (SSSR count). The number of benzene rings is 2. The van der Waals surface area contributed by atoms with Gasteiger partial charge in [0.05, 0.1) is 0 Å². The number of hydrogen-bond donors (Lipinski definition) is 1. The zero-order valence-corrected chi connectivity index (χ0v) is 12.2. The minimum absolute atomic E-state index is 0.566. The smallest absolute Gasteiger partial charge is 0.132 e. The zero-order chi connectivity index (χ0) is 14.4. The van der Waals surface area contributed by atoms with Gasteiger partial charge < -0.3 is 10.3 Å². The van der Waals surface area contributed by atoms with Crippen LogP contribution in [-0.2, 0) is 6.42 Å². The molecular formula is C18H19N3. The highest BCUT2D eigenvalue weighted by atomic mass is 15.2. The lowest BCUT2D eigenvalue weighted by Crippen LogP contribution is -2.04. The van der Waals surface area contributed by atoms with Crippen molar-refractivity contribution in [3.8, 4) is 11.3 Å². The number of nitrogens with two attached hydrogens (primary N) is 1. The van der Waals surface area contributed by atoms with Crippen LogP contribution in [0.2, 0.25) is 0 Å². The van der Waals surface area contributed by atoms with E-state index in [1.165, 1.54) is 23.6 Å². The predicted octanol–water partition coefficient (Wildman–Crippen LogP) is 4.18. The molecule has 3 heteroatoms. The molecule has 21 heavy (non-hydrogen) atoms. The highest BCUT2D eigenvalue weighted by Gasteiger charge is 2.29. The first kappa shape index (κ1) is 12.5. The van der Waals surface area contributed by atoms with Crippen LogP contribution in [0.15, 0.2) is 42.5 Å². The third kappa shape index (κ3) is 1.92. The van der Waals surface area contributed by atoms with Crippen LogP contribution < -0.4 is 5.73 Å². The van der Waals surface area contributed by atoms with Crippen molar-refractivity contribution >= 4 is 16.6 Å². The molecule has 0 saturated heterocycles. The van der Waals surface area contributed by atoms with Gasteiger partial charge in [0.1, 0.15) is 17.3 Å². The van der Waals surface area contributed by atoms with Gasteiger partial charge >= 0.3 is 0 Å². The summed E-state index contributed by atoms with van der Waals surface area (Å²) in [5, 5.41) is 2.45. The first-order valence-electron chi connectivity index (χ1n) is 7.64. The van der Waals surface area contributed by atoms with Gasteiger partial charge in [-0.25, -0.2) is 4.98 Å². The van der Waals surface area contributed by atoms with Gasteiger partial charge in [-0.05, 0) is 23.6 Å². The van der Waals surface area contributed by atoms with E-state index in [2.05, 4.69) is 54.0 Å². The fourth-order valence-electron chi connectivity index (χ4n) is 3.11. The van der Waals surface area contributed by atoms with E-state index in [1.54, 1.807) is 0 Å². The number of aromatic nitrogens is 2. The Morgan fingerprint density at radius 1 is 1.14 bits per heavy atom. The molecule has 1 fully saturated rings. The van der Waals surface area contributed by atoms with Gasteiger partial charge in [-0.15, -0.1) is 0 Å². The number of imidazole rings is 1. The van der Waals surface area contributed by atoms with Crippen molar-refractivity contribution in [3.05, 3.63) is 48.3 Å². The molecule has 2 N–H and O–H groups in total. The molecule has 1 aromatic heterocycles. The SMILES string of the molecule is CCc1nc(-c2cccc3ccccc23)c(N)n1C1CC1. The van der Waals surface area contributed by atoms with E-state index < -0.39 is 0 Å². The molecule has 2 aromatic carbocycles. The monoisotopic (exact) mass is 277 g/mol. The van der Waals surface area contributed by atoms with Crippen LogP contribution in [0.1, 0.15) is 31.6 Å². The largest absolute Gasteiger partial charge is 0.383 e. The molecule has 1 aliphatic rings. The quantitative estimate of drug-likeness (QED) is 0.780. The number of aryl methyl sites for hydroxylation is 1. The number of hydrogen-bond acceptors (Lipinski definition) is 2. The summed E-state index contributed by atoms with van der Waals surface area (Å²) in [6.07, 6.45) is 3.37. The lowest BCUT2D eigenvalue weighted by Gasteiger charge is -2.07. The Kier molecular flexibility index (Phi) is 2.74. The van der Waals surface area contributed by atoms with Crippen molar-refractivity contribution < 1.29 is 0 Å². The first-order valence-corrected chi connectivity index (χ1v) is 7.64. The Bertz CT molecular complexity index is 807. The minimum Gasteiger partial charge on any atom is -0.383 e. The van der Waals surface area contributed by atoms with E-state index in [9.17, 15) is 0 Å². The van der Waals surface area contributed by atoms with Crippen molar-refractivity contribution in [2.75, 3.05) is 5.73 Å². The third-order valence-electron chi connectivity index (χ3n) is 4.29. The van der Waals surface area contributed by atoms with E-state index in [-0.39, 0.29) is 0 Å². The van der Waals surface area contributed by atoms with Crippen molar-refractivity contribution in [1.82, 2.24) is 9.55 Å². The number of fused-ring (bicyclic) bond motifs is 1. The van der Waals surface area contributed by atoms with Crippen LogP contribution in [0.25, 0.3) is 22.0 Å². The summed E-state index contributed by atoms with van der Waals surface area (Å²) in [4.78, 5) is 4.85. The van der Waals surface area contributed by atoms with Gasteiger partial charge in [-0.3, -0.25) is 0 Å². The topological polar surface area (TPSA) is 43.8 Å². The summed E-state index contributed by atoms with van der Waals surface area (Å²) < 4.78 is 2.25. The van der Waals surface area contributed by atoms with Crippen LogP contribution in [0.4, 0.5) is 5.82 Å². The lowest BCUT2D eigenvalue weighted by atomic mass is 10.0. The molecule has 0 atom stereocenters. The van der Waals surface area contributed by atoms with E-state index >= 15 is 0 Å². The van der Waals surface area contributed by atoms with Crippen LogP contribution >= 0.6 is 0 Å². The molecule has 1 aliphatic carbocycles. The zero-order valence-electron chi connectivity index (χ0n) is 12.2. The molecule has 3 nitrogen and oxygen atoms in total. The highest BCUT2D eigenvalue weighted by Crippen LogP contribution is 2.42. The Morgan fingerprint density at radius 3 is 2.67 bits per heavy atom. The molecule has 106 valence electrons. The summed E-state index contributed by atoms with van der Waals surface area (Å²) in [6, 6.07) is 15.3. The van der Waals surface area contributed by atoms with E-state index in [1.807, 2.05) is 0 Å². The number of nitrogens with zero attached hydrogens (tertiary/aromatic N) is 2. The standard InChI is InChI=1S/C18H19N3/c1-2-16-20-17(18(19)21(16)13-10-11-13)15-9-5-7-12-6-3-4-8-14(12)15/h3-9,13H,2,10-11,19H2,1H3. The molecule has 0 spiro atoms. The van der Waals surface area contributed by atoms with Gasteiger partial charge in [0.25, 0.3) is 0 Å². The van der Waals surface area contributed by atoms with Gasteiger partial charge in [0.2, 0.25) is 0 Å². The Hall–Kier alpha value is -2.29. The maximum atomic E-state index is 6.44. The predicted molar refractivity (Wildman–Crippen MR) is 87.2 cm³/mol.